The molecule has 0 radical (unpaired) electrons. The van der Waals surface area contributed by atoms with Crippen molar-refractivity contribution in [3.63, 3.8) is 0 Å². The van der Waals surface area contributed by atoms with E-state index in [0.29, 0.717) is 0 Å². The summed E-state index contributed by atoms with van der Waals surface area (Å²) in [6, 6.07) is 0. The number of nitrogens with one attached hydrogen (secondary N) is 2. The van der Waals surface area contributed by atoms with Crippen LogP contribution < -0.4 is 45.3 Å². The van der Waals surface area contributed by atoms with Crippen LogP contribution in [0, 0.1) is 0 Å². The Morgan fingerprint density at radius 2 is 1.90 bits per heavy atom. The van der Waals surface area contributed by atoms with Crippen molar-refractivity contribution in [3.05, 3.63) is 0 Å². The average Bonchev–Trinajstić information content (AvgIpc) is 1.90. The van der Waals surface area contributed by atoms with E-state index >= 15 is 0 Å². The second kappa shape index (κ2) is 5.09. The molecule has 0 aromatic carbocycles. The first-order chi connectivity index (χ1) is 4.30. The minimum atomic E-state index is -1.07. The largest absolute Gasteiger partial charge is 1.00 e. The molecule has 0 amide bonds. The van der Waals surface area contributed by atoms with Gasteiger partial charge in [-0.05, 0) is 19.5 Å². The first-order valence-corrected chi connectivity index (χ1v) is 2.98. The molecule has 0 aromatic heterocycles. The fourth-order valence-corrected chi connectivity index (χ4v) is 0.820. The number of carboxylic acids is 1. The molecule has 1 rings (SSSR count). The van der Waals surface area contributed by atoms with E-state index in [1.165, 1.54) is 0 Å². The SMILES string of the molecule is O=C([O-])C1NCCCN1.[Na+]. The third-order valence-corrected chi connectivity index (χ3v) is 1.29. The van der Waals surface area contributed by atoms with E-state index < -0.39 is 12.1 Å². The molecule has 10 heavy (non-hydrogen) atoms. The van der Waals surface area contributed by atoms with Gasteiger partial charge in [0.1, 0.15) is 0 Å². The van der Waals surface area contributed by atoms with Gasteiger partial charge < -0.3 is 9.90 Å². The summed E-state index contributed by atoms with van der Waals surface area (Å²) in [5.74, 6) is -1.07. The minimum Gasteiger partial charge on any atom is -0.547 e. The number of aliphatic carboxylic acids is 1. The summed E-state index contributed by atoms with van der Waals surface area (Å²) in [7, 11) is 0. The van der Waals surface area contributed by atoms with E-state index in [4.69, 9.17) is 0 Å². The van der Waals surface area contributed by atoms with Crippen LogP contribution in [0.25, 0.3) is 0 Å². The van der Waals surface area contributed by atoms with Crippen LogP contribution in [0.2, 0.25) is 0 Å². The Hall–Kier alpha value is 0.390. The normalized spacial score (nSPS) is 19.6. The Bertz CT molecular complexity index is 114. The third kappa shape index (κ3) is 2.98. The molecule has 1 aliphatic rings. The number of rotatable bonds is 1. The van der Waals surface area contributed by atoms with Crippen LogP contribution in [-0.2, 0) is 4.79 Å². The molecule has 5 heteroatoms. The predicted octanol–water partition coefficient (Wildman–Crippen LogP) is -5.35. The minimum absolute atomic E-state index is 0. The average molecular weight is 152 g/mol. The molecule has 52 valence electrons. The molecule has 1 heterocycles. The van der Waals surface area contributed by atoms with Crippen LogP contribution in [0.15, 0.2) is 0 Å². The van der Waals surface area contributed by atoms with E-state index in [9.17, 15) is 9.90 Å². The summed E-state index contributed by atoms with van der Waals surface area (Å²) in [5.41, 5.74) is 0. The topological polar surface area (TPSA) is 64.2 Å². The molecule has 2 N–H and O–H groups in total. The molecular formula is C5H9N2NaO2. The molecule has 0 aliphatic carbocycles. The zero-order valence-electron chi connectivity index (χ0n) is 6.02. The van der Waals surface area contributed by atoms with Crippen molar-refractivity contribution in [1.29, 1.82) is 0 Å². The van der Waals surface area contributed by atoms with Gasteiger partial charge in [-0.2, -0.15) is 0 Å². The Kier molecular flexibility index (Phi) is 5.29. The predicted molar refractivity (Wildman–Crippen MR) is 29.4 cm³/mol. The molecule has 1 aliphatic heterocycles. The maximum absolute atomic E-state index is 10.1. The number of hydrogen-bond donors (Lipinski definition) is 2. The number of carbonyl (C=O) groups is 1. The monoisotopic (exact) mass is 152 g/mol. The van der Waals surface area contributed by atoms with Crippen molar-refractivity contribution in [2.45, 2.75) is 12.6 Å². The maximum Gasteiger partial charge on any atom is 1.00 e. The number of hydrogen-bond acceptors (Lipinski definition) is 4. The number of carbonyl (C=O) groups excluding carboxylic acids is 1. The van der Waals surface area contributed by atoms with Gasteiger partial charge in [0, 0.05) is 0 Å². The van der Waals surface area contributed by atoms with Crippen molar-refractivity contribution in [2.24, 2.45) is 0 Å². The van der Waals surface area contributed by atoms with Gasteiger partial charge in [0.15, 0.2) is 0 Å². The van der Waals surface area contributed by atoms with E-state index in [-0.39, 0.29) is 29.6 Å². The number of carboxylic acid groups (broad SMARTS) is 1. The van der Waals surface area contributed by atoms with Crippen LogP contribution in [0.4, 0.5) is 0 Å². The van der Waals surface area contributed by atoms with Crippen LogP contribution in [-0.4, -0.2) is 25.2 Å². The molecule has 0 spiro atoms. The Morgan fingerprint density at radius 3 is 2.20 bits per heavy atom. The van der Waals surface area contributed by atoms with Crippen molar-refractivity contribution >= 4 is 5.97 Å². The van der Waals surface area contributed by atoms with Crippen LogP contribution in [0.5, 0.6) is 0 Å². The van der Waals surface area contributed by atoms with Crippen LogP contribution in [0.3, 0.4) is 0 Å². The van der Waals surface area contributed by atoms with Gasteiger partial charge in [-0.25, -0.2) is 0 Å². The zero-order valence-corrected chi connectivity index (χ0v) is 8.02. The fourth-order valence-electron chi connectivity index (χ4n) is 0.820. The molecule has 0 saturated carbocycles. The Morgan fingerprint density at radius 1 is 1.40 bits per heavy atom. The molecule has 4 nitrogen and oxygen atoms in total. The molecule has 1 saturated heterocycles. The summed E-state index contributed by atoms with van der Waals surface area (Å²) in [6.07, 6.45) is 0.336. The fraction of sp³-hybridized carbons (Fsp3) is 0.800. The molecule has 0 bridgehead atoms. The van der Waals surface area contributed by atoms with Gasteiger partial charge in [-0.15, -0.1) is 0 Å². The maximum atomic E-state index is 10.1. The Balaban J connectivity index is 0.000000810. The smallest absolute Gasteiger partial charge is 0.547 e. The van der Waals surface area contributed by atoms with E-state index in [1.54, 1.807) is 0 Å². The summed E-state index contributed by atoms with van der Waals surface area (Å²) in [6.45, 7) is 1.51. The standard InChI is InChI=1S/C5H10N2O2.Na/c8-5(9)4-6-2-1-3-7-4;/h4,6-7H,1-3H2,(H,8,9);/q;+1/p-1. The summed E-state index contributed by atoms with van der Waals surface area (Å²) in [4.78, 5) is 10.1. The van der Waals surface area contributed by atoms with Gasteiger partial charge >= 0.3 is 29.6 Å². The second-order valence-corrected chi connectivity index (χ2v) is 2.01. The van der Waals surface area contributed by atoms with Crippen LogP contribution >= 0.6 is 0 Å². The first kappa shape index (κ1) is 10.4. The quantitative estimate of drug-likeness (QED) is 0.368. The van der Waals surface area contributed by atoms with E-state index in [1.807, 2.05) is 0 Å². The van der Waals surface area contributed by atoms with E-state index in [2.05, 4.69) is 10.6 Å². The molecule has 1 fully saturated rings. The zero-order chi connectivity index (χ0) is 6.69. The summed E-state index contributed by atoms with van der Waals surface area (Å²) >= 11 is 0. The Labute approximate surface area is 81.7 Å². The first-order valence-electron chi connectivity index (χ1n) is 2.98. The molecule has 0 aromatic rings. The van der Waals surface area contributed by atoms with Crippen molar-refractivity contribution < 1.29 is 39.5 Å². The van der Waals surface area contributed by atoms with Crippen molar-refractivity contribution in [2.75, 3.05) is 13.1 Å². The van der Waals surface area contributed by atoms with Gasteiger partial charge in [-0.3, -0.25) is 10.6 Å². The van der Waals surface area contributed by atoms with Gasteiger partial charge in [0.25, 0.3) is 0 Å². The van der Waals surface area contributed by atoms with Crippen LogP contribution in [0.1, 0.15) is 6.42 Å². The molecular weight excluding hydrogens is 143 g/mol. The summed E-state index contributed by atoms with van der Waals surface area (Å²) in [5, 5.41) is 15.6. The van der Waals surface area contributed by atoms with Gasteiger partial charge in [0.05, 0.1) is 12.1 Å². The van der Waals surface area contributed by atoms with Crippen molar-refractivity contribution in [3.8, 4) is 0 Å². The summed E-state index contributed by atoms with van der Waals surface area (Å²) < 4.78 is 0. The third-order valence-electron chi connectivity index (χ3n) is 1.29. The van der Waals surface area contributed by atoms with Gasteiger partial charge in [0.2, 0.25) is 0 Å². The van der Waals surface area contributed by atoms with E-state index in [0.717, 1.165) is 19.5 Å². The van der Waals surface area contributed by atoms with Crippen molar-refractivity contribution in [1.82, 2.24) is 10.6 Å². The molecule has 0 unspecified atom stereocenters. The second-order valence-electron chi connectivity index (χ2n) is 2.01. The molecule has 0 atom stereocenters. The van der Waals surface area contributed by atoms with Gasteiger partial charge in [-0.1, -0.05) is 0 Å².